The van der Waals surface area contributed by atoms with Crippen molar-refractivity contribution in [3.05, 3.63) is 86.7 Å². The van der Waals surface area contributed by atoms with Crippen molar-refractivity contribution >= 4 is 55.9 Å². The zero-order valence-electron chi connectivity index (χ0n) is 16.6. The molecule has 0 radical (unpaired) electrons. The Hall–Kier alpha value is -2.17. The molecule has 3 rings (SSSR count). The number of nitrogens with one attached hydrogen (secondary N) is 1. The van der Waals surface area contributed by atoms with Crippen LogP contribution < -0.4 is 4.72 Å². The number of nitrogens with zero attached hydrogens (tertiary/aromatic N) is 1. The predicted molar refractivity (Wildman–Crippen MR) is 129 cm³/mol. The van der Waals surface area contributed by atoms with Gasteiger partial charge in [0.2, 0.25) is 0 Å². The van der Waals surface area contributed by atoms with Crippen molar-refractivity contribution in [3.63, 3.8) is 0 Å². The number of benzene rings is 2. The van der Waals surface area contributed by atoms with E-state index in [1.807, 2.05) is 24.3 Å². The number of sulfonamides is 1. The van der Waals surface area contributed by atoms with Crippen LogP contribution in [0.15, 0.2) is 71.9 Å². The average Bonchev–Trinajstić information content (AvgIpc) is 2.73. The van der Waals surface area contributed by atoms with Crippen LogP contribution in [0.3, 0.4) is 0 Å². The molecule has 9 heteroatoms. The van der Waals surface area contributed by atoms with E-state index in [0.29, 0.717) is 11.3 Å². The van der Waals surface area contributed by atoms with Crippen LogP contribution in [0.4, 0.5) is 5.69 Å². The minimum atomic E-state index is -3.99. The lowest BCUT2D eigenvalue weighted by atomic mass is 9.87. The molecule has 31 heavy (non-hydrogen) atoms. The van der Waals surface area contributed by atoms with Crippen molar-refractivity contribution < 1.29 is 17.9 Å². The normalized spacial score (nSPS) is 12.2. The SMILES string of the molecule is CCOC(=O)C[C@H](c1ccccc1I)c1ccccc1NS(=O)(=O)c1cnccc1Cl. The highest BCUT2D eigenvalue weighted by molar-refractivity contribution is 14.1. The van der Waals surface area contributed by atoms with E-state index in [0.717, 1.165) is 9.13 Å². The van der Waals surface area contributed by atoms with Crippen molar-refractivity contribution in [1.82, 2.24) is 4.98 Å². The lowest BCUT2D eigenvalue weighted by Gasteiger charge is -2.22. The van der Waals surface area contributed by atoms with Crippen molar-refractivity contribution in [1.29, 1.82) is 0 Å². The second-order valence-corrected chi connectivity index (χ2v) is 9.80. The highest BCUT2D eigenvalue weighted by atomic mass is 127. The molecule has 6 nitrogen and oxygen atoms in total. The lowest BCUT2D eigenvalue weighted by molar-refractivity contribution is -0.143. The number of ether oxygens (including phenoxy) is 1. The van der Waals surface area contributed by atoms with Crippen LogP contribution in [0.2, 0.25) is 5.02 Å². The molecule has 0 aliphatic carbocycles. The molecule has 0 aliphatic rings. The van der Waals surface area contributed by atoms with Crippen molar-refractivity contribution in [2.45, 2.75) is 24.2 Å². The second kappa shape index (κ2) is 10.4. The number of halogens is 2. The van der Waals surface area contributed by atoms with Gasteiger partial charge >= 0.3 is 5.97 Å². The summed E-state index contributed by atoms with van der Waals surface area (Å²) in [6, 6.07) is 16.1. The average molecular weight is 571 g/mol. The summed E-state index contributed by atoms with van der Waals surface area (Å²) in [6.07, 6.45) is 2.69. The maximum Gasteiger partial charge on any atom is 0.306 e. The largest absolute Gasteiger partial charge is 0.466 e. The molecule has 0 aliphatic heterocycles. The summed E-state index contributed by atoms with van der Waals surface area (Å²) in [4.78, 5) is 16.1. The molecule has 162 valence electrons. The number of hydrogen-bond acceptors (Lipinski definition) is 5. The quantitative estimate of drug-likeness (QED) is 0.296. The molecule has 1 N–H and O–H groups in total. The molecule has 1 aromatic heterocycles. The fraction of sp³-hybridized carbons (Fsp3) is 0.182. The summed E-state index contributed by atoms with van der Waals surface area (Å²) in [6.45, 7) is 2.02. The first-order chi connectivity index (χ1) is 14.8. The number of carbonyl (C=O) groups excluding carboxylic acids is 1. The first-order valence-corrected chi connectivity index (χ1v) is 12.4. The molecular formula is C22H20ClIN2O4S. The smallest absolute Gasteiger partial charge is 0.306 e. The number of hydrogen-bond donors (Lipinski definition) is 1. The molecule has 0 amide bonds. The first kappa shape index (κ1) is 23.5. The highest BCUT2D eigenvalue weighted by Gasteiger charge is 2.26. The molecular weight excluding hydrogens is 551 g/mol. The number of para-hydroxylation sites is 1. The lowest BCUT2D eigenvalue weighted by Crippen LogP contribution is -2.18. The van der Waals surface area contributed by atoms with Crippen LogP contribution in [0.25, 0.3) is 0 Å². The third-order valence-corrected chi connectivity index (χ3v) is 7.38. The highest BCUT2D eigenvalue weighted by Crippen LogP contribution is 2.36. The number of aromatic nitrogens is 1. The van der Waals surface area contributed by atoms with Crippen LogP contribution in [0.5, 0.6) is 0 Å². The Labute approximate surface area is 200 Å². The van der Waals surface area contributed by atoms with Gasteiger partial charge in [0, 0.05) is 21.9 Å². The van der Waals surface area contributed by atoms with E-state index in [1.165, 1.54) is 18.5 Å². The van der Waals surface area contributed by atoms with Gasteiger partial charge in [-0.05, 0) is 58.8 Å². The molecule has 0 saturated carbocycles. The third kappa shape index (κ3) is 5.75. The summed E-state index contributed by atoms with van der Waals surface area (Å²) in [5.41, 5.74) is 1.92. The standard InChI is InChI=1S/C22H20ClIN2O4S/c1-2-30-22(27)13-17(15-7-3-5-9-19(15)24)16-8-4-6-10-20(16)26-31(28,29)21-14-25-12-11-18(21)23/h3-12,14,17,26H,2,13H2,1H3/t17-/m1/s1. The van der Waals surface area contributed by atoms with E-state index in [9.17, 15) is 13.2 Å². The van der Waals surface area contributed by atoms with Gasteiger partial charge in [0.05, 0.1) is 23.7 Å². The molecule has 3 aromatic rings. The Bertz CT molecular complexity index is 1190. The summed E-state index contributed by atoms with van der Waals surface area (Å²) < 4.78 is 34.7. The Morgan fingerprint density at radius 3 is 2.48 bits per heavy atom. The van der Waals surface area contributed by atoms with Crippen molar-refractivity contribution in [2.75, 3.05) is 11.3 Å². The van der Waals surface area contributed by atoms with E-state index >= 15 is 0 Å². The number of rotatable bonds is 8. The zero-order valence-corrected chi connectivity index (χ0v) is 20.3. The van der Waals surface area contributed by atoms with E-state index in [4.69, 9.17) is 16.3 Å². The Kier molecular flexibility index (Phi) is 7.90. The van der Waals surface area contributed by atoms with Gasteiger partial charge in [-0.25, -0.2) is 8.42 Å². The molecule has 2 aromatic carbocycles. The zero-order chi connectivity index (χ0) is 22.4. The van der Waals surface area contributed by atoms with Gasteiger partial charge in [-0.1, -0.05) is 48.0 Å². The van der Waals surface area contributed by atoms with Gasteiger partial charge in [-0.3, -0.25) is 14.5 Å². The Morgan fingerprint density at radius 2 is 1.81 bits per heavy atom. The molecule has 0 fully saturated rings. The minimum Gasteiger partial charge on any atom is -0.466 e. The van der Waals surface area contributed by atoms with Crippen LogP contribution in [0.1, 0.15) is 30.4 Å². The molecule has 0 bridgehead atoms. The van der Waals surface area contributed by atoms with Crippen molar-refractivity contribution in [3.8, 4) is 0 Å². The topological polar surface area (TPSA) is 85.4 Å². The molecule has 0 spiro atoms. The Balaban J connectivity index is 2.07. The number of anilines is 1. The maximum atomic E-state index is 13.0. The van der Waals surface area contributed by atoms with Gasteiger partial charge in [0.15, 0.2) is 0 Å². The van der Waals surface area contributed by atoms with Gasteiger partial charge in [-0.2, -0.15) is 0 Å². The van der Waals surface area contributed by atoms with E-state index in [2.05, 4.69) is 32.3 Å². The maximum absolute atomic E-state index is 13.0. The minimum absolute atomic E-state index is 0.0697. The molecule has 0 saturated heterocycles. The van der Waals surface area contributed by atoms with E-state index < -0.39 is 15.9 Å². The Morgan fingerprint density at radius 1 is 1.13 bits per heavy atom. The van der Waals surface area contributed by atoms with Crippen molar-refractivity contribution in [2.24, 2.45) is 0 Å². The van der Waals surface area contributed by atoms with Crippen LogP contribution in [-0.4, -0.2) is 26.0 Å². The summed E-state index contributed by atoms with van der Waals surface area (Å²) in [7, 11) is -3.99. The fourth-order valence-corrected chi connectivity index (χ4v) is 5.47. The first-order valence-electron chi connectivity index (χ1n) is 9.44. The van der Waals surface area contributed by atoms with Crippen LogP contribution in [-0.2, 0) is 19.6 Å². The van der Waals surface area contributed by atoms with E-state index in [1.54, 1.807) is 31.2 Å². The fourth-order valence-electron chi connectivity index (χ4n) is 3.19. The molecule has 1 atom stereocenters. The summed E-state index contributed by atoms with van der Waals surface area (Å²) >= 11 is 8.28. The molecule has 1 heterocycles. The third-order valence-electron chi connectivity index (χ3n) is 4.56. The monoisotopic (exact) mass is 570 g/mol. The van der Waals surface area contributed by atoms with Gasteiger partial charge in [0.1, 0.15) is 4.90 Å². The van der Waals surface area contributed by atoms with Crippen LogP contribution in [0, 0.1) is 3.57 Å². The second-order valence-electron chi connectivity index (χ2n) is 6.58. The predicted octanol–water partition coefficient (Wildman–Crippen LogP) is 5.23. The van der Waals surface area contributed by atoms with Gasteiger partial charge in [-0.15, -0.1) is 0 Å². The number of carbonyl (C=O) groups is 1. The van der Waals surface area contributed by atoms with E-state index in [-0.39, 0.29) is 28.9 Å². The van der Waals surface area contributed by atoms with Gasteiger partial charge in [0.25, 0.3) is 10.0 Å². The number of pyridine rings is 1. The number of esters is 1. The summed E-state index contributed by atoms with van der Waals surface area (Å²) in [5, 5.41) is 0.0701. The van der Waals surface area contributed by atoms with Crippen LogP contribution >= 0.6 is 34.2 Å². The summed E-state index contributed by atoms with van der Waals surface area (Å²) in [5.74, 6) is -0.768. The van der Waals surface area contributed by atoms with Gasteiger partial charge < -0.3 is 4.74 Å². The molecule has 0 unspecified atom stereocenters.